The summed E-state index contributed by atoms with van der Waals surface area (Å²) in [5.41, 5.74) is 4.15. The maximum atomic E-state index is 13.4. The molecule has 1 N–H and O–H groups in total. The van der Waals surface area contributed by atoms with E-state index in [2.05, 4.69) is 35.4 Å². The van der Waals surface area contributed by atoms with Gasteiger partial charge in [-0.1, -0.05) is 0 Å². The summed E-state index contributed by atoms with van der Waals surface area (Å²) in [4.78, 5) is 17.1. The van der Waals surface area contributed by atoms with Crippen molar-refractivity contribution in [2.45, 2.75) is 33.4 Å². The van der Waals surface area contributed by atoms with E-state index in [1.165, 1.54) is 10.6 Å². The number of methoxy groups -OCH3 is 1. The third-order valence-corrected chi connectivity index (χ3v) is 6.58. The number of anilines is 1. The maximum Gasteiger partial charge on any atom is 0.221 e. The first-order valence-corrected chi connectivity index (χ1v) is 10.9. The molecule has 4 rings (SSSR count). The molecule has 0 spiro atoms. The minimum Gasteiger partial charge on any atom is -0.497 e. The number of Topliss-reactive ketones (excluding diaryl/α,β-unsaturated/α-hetero) is 1. The molecule has 2 aromatic heterocycles. The summed E-state index contributed by atoms with van der Waals surface area (Å²) < 4.78 is 12.9. The van der Waals surface area contributed by atoms with Crippen molar-refractivity contribution >= 4 is 11.5 Å². The van der Waals surface area contributed by atoms with Gasteiger partial charge in [-0.2, -0.15) is 0 Å². The first-order valence-electron chi connectivity index (χ1n) is 10.9. The van der Waals surface area contributed by atoms with Crippen LogP contribution in [0, 0.1) is 13.8 Å². The average molecular weight is 423 g/mol. The second kappa shape index (κ2) is 9.02. The highest BCUT2D eigenvalue weighted by molar-refractivity contribution is 6.00. The summed E-state index contributed by atoms with van der Waals surface area (Å²) in [6, 6.07) is 14.0. The van der Waals surface area contributed by atoms with Gasteiger partial charge in [-0.15, -0.1) is 0 Å². The van der Waals surface area contributed by atoms with E-state index in [0.29, 0.717) is 6.54 Å². The molecule has 1 atom stereocenters. The van der Waals surface area contributed by atoms with Crippen LogP contribution in [0.4, 0.5) is 5.69 Å². The second-order valence-corrected chi connectivity index (χ2v) is 8.38. The van der Waals surface area contributed by atoms with E-state index < -0.39 is 0 Å². The lowest BCUT2D eigenvalue weighted by atomic mass is 10.0. The molecule has 1 aliphatic heterocycles. The van der Waals surface area contributed by atoms with Crippen LogP contribution in [-0.4, -0.2) is 49.7 Å². The first kappa shape index (κ1) is 21.2. The van der Waals surface area contributed by atoms with Crippen LogP contribution in [0.2, 0.25) is 0 Å². The number of ketones is 1. The number of rotatable bonds is 7. The van der Waals surface area contributed by atoms with E-state index in [4.69, 9.17) is 9.15 Å². The first-order chi connectivity index (χ1) is 15.0. The molecular formula is C25H32N3O3+. The lowest BCUT2D eigenvalue weighted by Gasteiger charge is -2.36. The third-order valence-electron chi connectivity index (χ3n) is 6.58. The van der Waals surface area contributed by atoms with E-state index in [0.717, 1.165) is 54.6 Å². The van der Waals surface area contributed by atoms with Crippen LogP contribution < -0.4 is 14.5 Å². The van der Waals surface area contributed by atoms with Gasteiger partial charge >= 0.3 is 0 Å². The number of aromatic nitrogens is 1. The van der Waals surface area contributed by atoms with Crippen molar-refractivity contribution in [2.75, 3.05) is 38.2 Å². The van der Waals surface area contributed by atoms with Gasteiger partial charge in [-0.3, -0.25) is 4.79 Å². The number of nitrogens with zero attached hydrogens (tertiary/aromatic N) is 2. The van der Waals surface area contributed by atoms with Crippen molar-refractivity contribution in [1.29, 1.82) is 0 Å². The Bertz CT molecular complexity index is 1010. The number of aryl methyl sites for hydroxylation is 1. The van der Waals surface area contributed by atoms with E-state index in [-0.39, 0.29) is 11.8 Å². The van der Waals surface area contributed by atoms with E-state index in [1.54, 1.807) is 13.4 Å². The minimum atomic E-state index is -0.0596. The Labute approximate surface area is 184 Å². The molecule has 0 bridgehead atoms. The predicted molar refractivity (Wildman–Crippen MR) is 121 cm³/mol. The highest BCUT2D eigenvalue weighted by Crippen LogP contribution is 2.20. The molecule has 6 nitrogen and oxygen atoms in total. The molecule has 1 aromatic carbocycles. The third kappa shape index (κ3) is 4.39. The van der Waals surface area contributed by atoms with Crippen LogP contribution in [0.3, 0.4) is 0 Å². The molecule has 3 heterocycles. The minimum absolute atomic E-state index is 0.0596. The number of carbonyl (C=O) groups is 1. The number of hydrogen-bond donors (Lipinski definition) is 1. The summed E-state index contributed by atoms with van der Waals surface area (Å²) in [5, 5.41) is 0. The number of furan rings is 1. The summed E-state index contributed by atoms with van der Waals surface area (Å²) in [5.74, 6) is 2.00. The summed E-state index contributed by atoms with van der Waals surface area (Å²) in [6.07, 6.45) is 1.69. The number of piperazine rings is 1. The molecule has 0 saturated carbocycles. The Morgan fingerprint density at radius 1 is 1.16 bits per heavy atom. The van der Waals surface area contributed by atoms with Gasteiger partial charge in [0.1, 0.15) is 17.6 Å². The lowest BCUT2D eigenvalue weighted by Crippen LogP contribution is -3.18. The van der Waals surface area contributed by atoms with Crippen molar-refractivity contribution in [3.05, 3.63) is 71.4 Å². The fraction of sp³-hybridized carbons (Fsp3) is 0.400. The van der Waals surface area contributed by atoms with E-state index >= 15 is 0 Å². The topological polar surface area (TPSA) is 52.1 Å². The van der Waals surface area contributed by atoms with E-state index in [9.17, 15) is 4.79 Å². The molecule has 3 aromatic rings. The molecule has 0 radical (unpaired) electrons. The van der Waals surface area contributed by atoms with Crippen LogP contribution in [0.1, 0.15) is 34.4 Å². The molecule has 0 amide bonds. The number of nitrogens with one attached hydrogen (secondary N) is 1. The van der Waals surface area contributed by atoms with Gasteiger partial charge in [0.15, 0.2) is 0 Å². The lowest BCUT2D eigenvalue weighted by molar-refractivity contribution is -0.914. The number of quaternary nitrogens is 1. The van der Waals surface area contributed by atoms with Crippen LogP contribution >= 0.6 is 0 Å². The summed E-state index contributed by atoms with van der Waals surface area (Å²) in [7, 11) is 1.68. The highest BCUT2D eigenvalue weighted by atomic mass is 16.5. The highest BCUT2D eigenvalue weighted by Gasteiger charge is 2.31. The molecule has 0 aliphatic carbocycles. The molecule has 1 aliphatic rings. The van der Waals surface area contributed by atoms with Crippen LogP contribution in [0.25, 0.3) is 0 Å². The van der Waals surface area contributed by atoms with Crippen molar-refractivity contribution in [3.8, 4) is 5.75 Å². The predicted octanol–water partition coefficient (Wildman–Crippen LogP) is 2.73. The smallest absolute Gasteiger partial charge is 0.221 e. The van der Waals surface area contributed by atoms with Crippen molar-refractivity contribution in [1.82, 2.24) is 4.57 Å². The Morgan fingerprint density at radius 3 is 2.48 bits per heavy atom. The molecule has 1 fully saturated rings. The number of carbonyl (C=O) groups excluding carboxylic acids is 1. The second-order valence-electron chi connectivity index (χ2n) is 8.38. The van der Waals surface area contributed by atoms with Crippen molar-refractivity contribution in [3.63, 3.8) is 0 Å². The quantitative estimate of drug-likeness (QED) is 0.595. The SMILES string of the molecule is COc1ccc(N2CC[NH+]([C@H](C)C(=O)c3cc(C)n(Cc4ccco4)c3C)CC2)cc1. The van der Waals surface area contributed by atoms with Gasteiger partial charge < -0.3 is 23.5 Å². The molecule has 31 heavy (non-hydrogen) atoms. The van der Waals surface area contributed by atoms with Gasteiger partial charge in [0.25, 0.3) is 0 Å². The number of benzene rings is 1. The van der Waals surface area contributed by atoms with Crippen molar-refractivity contribution in [2.24, 2.45) is 0 Å². The van der Waals surface area contributed by atoms with Crippen LogP contribution in [-0.2, 0) is 6.54 Å². The number of ether oxygens (including phenoxy) is 1. The van der Waals surface area contributed by atoms with Gasteiger partial charge in [0.2, 0.25) is 5.78 Å². The van der Waals surface area contributed by atoms with E-state index in [1.807, 2.05) is 37.3 Å². The standard InChI is InChI=1S/C25H31N3O3/c1-18-16-24(19(2)28(18)17-23-6-5-15-31-23)25(29)20(3)26-11-13-27(14-12-26)21-7-9-22(30-4)10-8-21/h5-10,15-16,20H,11-14,17H2,1-4H3/p+1/t20-/m1/s1. The molecule has 164 valence electrons. The Balaban J connectivity index is 1.41. The Kier molecular flexibility index (Phi) is 6.18. The maximum absolute atomic E-state index is 13.4. The zero-order valence-corrected chi connectivity index (χ0v) is 18.9. The molecule has 1 saturated heterocycles. The van der Waals surface area contributed by atoms with Gasteiger partial charge in [0, 0.05) is 22.6 Å². The monoisotopic (exact) mass is 422 g/mol. The normalized spacial score (nSPS) is 15.8. The van der Waals surface area contributed by atoms with Gasteiger partial charge in [-0.05, 0) is 63.2 Å². The molecular weight excluding hydrogens is 390 g/mol. The number of hydrogen-bond acceptors (Lipinski definition) is 4. The Hall–Kier alpha value is -2.99. The molecule has 6 heteroatoms. The fourth-order valence-corrected chi connectivity index (χ4v) is 4.55. The van der Waals surface area contributed by atoms with Crippen LogP contribution in [0.5, 0.6) is 5.75 Å². The van der Waals surface area contributed by atoms with Gasteiger partial charge in [0.05, 0.1) is 46.1 Å². The fourth-order valence-electron chi connectivity index (χ4n) is 4.55. The zero-order valence-electron chi connectivity index (χ0n) is 18.9. The van der Waals surface area contributed by atoms with Crippen molar-refractivity contribution < 1.29 is 18.8 Å². The van der Waals surface area contributed by atoms with Crippen LogP contribution in [0.15, 0.2) is 53.1 Å². The average Bonchev–Trinajstić information content (AvgIpc) is 3.42. The summed E-state index contributed by atoms with van der Waals surface area (Å²) >= 11 is 0. The largest absolute Gasteiger partial charge is 0.497 e. The van der Waals surface area contributed by atoms with Gasteiger partial charge in [-0.25, -0.2) is 0 Å². The molecule has 0 unspecified atom stereocenters. The summed E-state index contributed by atoms with van der Waals surface area (Å²) in [6.45, 7) is 10.6. The Morgan fingerprint density at radius 2 is 1.87 bits per heavy atom. The zero-order chi connectivity index (χ0) is 22.0.